The summed E-state index contributed by atoms with van der Waals surface area (Å²) in [7, 11) is 0. The van der Waals surface area contributed by atoms with Gasteiger partial charge in [-0.2, -0.15) is 0 Å². The second-order valence-corrected chi connectivity index (χ2v) is 5.24. The molecule has 0 aliphatic rings. The summed E-state index contributed by atoms with van der Waals surface area (Å²) in [4.78, 5) is 0. The number of hydrogen-bond donors (Lipinski definition) is 1. The van der Waals surface area contributed by atoms with E-state index < -0.39 is 0 Å². The zero-order chi connectivity index (χ0) is 12.5. The molecular weight excluding hydrogens is 290 g/mol. The maximum Gasteiger partial charge on any atom is 0.0635 e. The predicted molar refractivity (Wildman–Crippen MR) is 78.8 cm³/mol. The quantitative estimate of drug-likeness (QED) is 0.779. The van der Waals surface area contributed by atoms with E-state index in [2.05, 4.69) is 63.0 Å². The molecule has 0 atom stereocenters. The molecule has 92 valence electrons. The molecular formula is C15H14BrNO. The molecule has 0 saturated carbocycles. The summed E-state index contributed by atoms with van der Waals surface area (Å²) in [5.41, 5.74) is 2.44. The van der Waals surface area contributed by atoms with Crippen molar-refractivity contribution in [1.29, 1.82) is 0 Å². The van der Waals surface area contributed by atoms with Crippen LogP contribution in [-0.2, 0) is 6.54 Å². The first-order valence-electron chi connectivity index (χ1n) is 6.09. The summed E-state index contributed by atoms with van der Waals surface area (Å²) in [6.07, 6.45) is 0.773. The third-order valence-electron chi connectivity index (χ3n) is 3.28. The van der Waals surface area contributed by atoms with Gasteiger partial charge in [0.05, 0.1) is 5.52 Å². The zero-order valence-corrected chi connectivity index (χ0v) is 11.5. The molecule has 1 heterocycles. The van der Waals surface area contributed by atoms with Gasteiger partial charge >= 0.3 is 0 Å². The van der Waals surface area contributed by atoms with Crippen LogP contribution in [0.3, 0.4) is 0 Å². The van der Waals surface area contributed by atoms with Gasteiger partial charge in [-0.15, -0.1) is 0 Å². The molecule has 0 unspecified atom stereocenters. The zero-order valence-electron chi connectivity index (χ0n) is 9.94. The molecule has 3 rings (SSSR count). The number of benzene rings is 2. The lowest BCUT2D eigenvalue weighted by Gasteiger charge is -2.07. The van der Waals surface area contributed by atoms with Crippen molar-refractivity contribution >= 4 is 37.7 Å². The standard InChI is InChI=1S/C15H14BrNO/c16-13-7-3-6-12-11-5-1-2-8-14(11)17(15(12)13)9-4-10-18/h1-3,5-8,18H,4,9-10H2. The molecule has 2 nitrogen and oxygen atoms in total. The lowest BCUT2D eigenvalue weighted by molar-refractivity contribution is 0.281. The molecule has 0 spiro atoms. The third kappa shape index (κ3) is 1.74. The van der Waals surface area contributed by atoms with Crippen LogP contribution in [0.25, 0.3) is 21.8 Å². The molecule has 0 aliphatic carbocycles. The fourth-order valence-corrected chi connectivity index (χ4v) is 3.11. The van der Waals surface area contributed by atoms with Gasteiger partial charge in [-0.3, -0.25) is 0 Å². The lowest BCUT2D eigenvalue weighted by atomic mass is 10.2. The highest BCUT2D eigenvalue weighted by atomic mass is 79.9. The largest absolute Gasteiger partial charge is 0.396 e. The van der Waals surface area contributed by atoms with Gasteiger partial charge in [0.15, 0.2) is 0 Å². The molecule has 1 aromatic heterocycles. The first-order chi connectivity index (χ1) is 8.83. The van der Waals surface area contributed by atoms with Gasteiger partial charge in [-0.25, -0.2) is 0 Å². The second-order valence-electron chi connectivity index (χ2n) is 4.38. The number of para-hydroxylation sites is 2. The molecule has 0 amide bonds. The van der Waals surface area contributed by atoms with Crippen LogP contribution in [-0.4, -0.2) is 16.3 Å². The van der Waals surface area contributed by atoms with Gasteiger partial charge in [0.1, 0.15) is 0 Å². The predicted octanol–water partition coefficient (Wildman–Crippen LogP) is 3.94. The highest BCUT2D eigenvalue weighted by Crippen LogP contribution is 2.33. The SMILES string of the molecule is OCCCn1c2ccccc2c2cccc(Br)c21. The first-order valence-corrected chi connectivity index (χ1v) is 6.88. The number of hydrogen-bond acceptors (Lipinski definition) is 1. The summed E-state index contributed by atoms with van der Waals surface area (Å²) < 4.78 is 3.39. The molecule has 1 N–H and O–H groups in total. The van der Waals surface area contributed by atoms with Gasteiger partial charge in [0.25, 0.3) is 0 Å². The number of halogens is 1. The molecule has 3 aromatic rings. The van der Waals surface area contributed by atoms with Crippen molar-refractivity contribution < 1.29 is 5.11 Å². The smallest absolute Gasteiger partial charge is 0.0635 e. The molecule has 0 aliphatic heterocycles. The number of aromatic nitrogens is 1. The Kier molecular flexibility index (Phi) is 3.10. The third-order valence-corrected chi connectivity index (χ3v) is 3.92. The molecule has 3 heteroatoms. The summed E-state index contributed by atoms with van der Waals surface area (Å²) in [6, 6.07) is 14.7. The Labute approximate surface area is 114 Å². The van der Waals surface area contributed by atoms with Crippen LogP contribution in [0.1, 0.15) is 6.42 Å². The highest BCUT2D eigenvalue weighted by Gasteiger charge is 2.11. The number of rotatable bonds is 3. The average molecular weight is 304 g/mol. The molecule has 0 fully saturated rings. The van der Waals surface area contributed by atoms with Crippen molar-refractivity contribution in [2.24, 2.45) is 0 Å². The van der Waals surface area contributed by atoms with Crippen LogP contribution in [0.5, 0.6) is 0 Å². The van der Waals surface area contributed by atoms with Gasteiger partial charge in [-0.05, 0) is 34.5 Å². The number of fused-ring (bicyclic) bond motifs is 3. The monoisotopic (exact) mass is 303 g/mol. The van der Waals surface area contributed by atoms with E-state index in [0.29, 0.717) is 0 Å². The maximum atomic E-state index is 9.05. The van der Waals surface area contributed by atoms with Crippen LogP contribution < -0.4 is 0 Å². The molecule has 2 aromatic carbocycles. The summed E-state index contributed by atoms with van der Waals surface area (Å²) in [6.45, 7) is 1.06. The minimum atomic E-state index is 0.221. The van der Waals surface area contributed by atoms with Gasteiger partial charge < -0.3 is 9.67 Å². The number of nitrogens with zero attached hydrogens (tertiary/aromatic N) is 1. The number of aliphatic hydroxyl groups excluding tert-OH is 1. The molecule has 18 heavy (non-hydrogen) atoms. The van der Waals surface area contributed by atoms with Crippen molar-refractivity contribution in [2.45, 2.75) is 13.0 Å². The molecule has 0 bridgehead atoms. The van der Waals surface area contributed by atoms with Crippen LogP contribution in [0.2, 0.25) is 0 Å². The van der Waals surface area contributed by atoms with Gasteiger partial charge in [0, 0.05) is 33.9 Å². The fourth-order valence-electron chi connectivity index (χ4n) is 2.53. The van der Waals surface area contributed by atoms with Crippen LogP contribution in [0.15, 0.2) is 46.9 Å². The minimum absolute atomic E-state index is 0.221. The Morgan fingerprint density at radius 1 is 1.00 bits per heavy atom. The van der Waals surface area contributed by atoms with Crippen LogP contribution in [0.4, 0.5) is 0 Å². The van der Waals surface area contributed by atoms with E-state index in [1.807, 2.05) is 0 Å². The van der Waals surface area contributed by atoms with Crippen molar-refractivity contribution in [3.63, 3.8) is 0 Å². The first kappa shape index (κ1) is 11.8. The van der Waals surface area contributed by atoms with E-state index in [9.17, 15) is 0 Å². The van der Waals surface area contributed by atoms with E-state index in [0.717, 1.165) is 17.4 Å². The Morgan fingerprint density at radius 2 is 1.78 bits per heavy atom. The van der Waals surface area contributed by atoms with Gasteiger partial charge in [0.2, 0.25) is 0 Å². The van der Waals surface area contributed by atoms with E-state index in [-0.39, 0.29) is 6.61 Å². The summed E-state index contributed by atoms with van der Waals surface area (Å²) >= 11 is 3.63. The molecule has 0 saturated heterocycles. The normalized spacial score (nSPS) is 11.4. The average Bonchev–Trinajstić information content (AvgIpc) is 2.72. The van der Waals surface area contributed by atoms with Gasteiger partial charge in [-0.1, -0.05) is 30.3 Å². The Bertz CT molecular complexity index is 702. The van der Waals surface area contributed by atoms with Crippen molar-refractivity contribution in [2.75, 3.05) is 6.61 Å². The van der Waals surface area contributed by atoms with E-state index in [1.165, 1.54) is 21.8 Å². The van der Waals surface area contributed by atoms with E-state index in [4.69, 9.17) is 5.11 Å². The number of aliphatic hydroxyl groups is 1. The van der Waals surface area contributed by atoms with E-state index in [1.54, 1.807) is 0 Å². The Morgan fingerprint density at radius 3 is 2.61 bits per heavy atom. The minimum Gasteiger partial charge on any atom is -0.396 e. The maximum absolute atomic E-state index is 9.05. The Balaban J connectivity index is 2.39. The van der Waals surface area contributed by atoms with Crippen molar-refractivity contribution in [3.05, 3.63) is 46.9 Å². The van der Waals surface area contributed by atoms with E-state index >= 15 is 0 Å². The number of aryl methyl sites for hydroxylation is 1. The van der Waals surface area contributed by atoms with Crippen molar-refractivity contribution in [1.82, 2.24) is 4.57 Å². The van der Waals surface area contributed by atoms with Crippen molar-refractivity contribution in [3.8, 4) is 0 Å². The highest BCUT2D eigenvalue weighted by molar-refractivity contribution is 9.10. The second kappa shape index (κ2) is 4.75. The lowest BCUT2D eigenvalue weighted by Crippen LogP contribution is -2.00. The summed E-state index contributed by atoms with van der Waals surface area (Å²) in [5, 5.41) is 11.6. The Hall–Kier alpha value is -1.32. The molecule has 0 radical (unpaired) electrons. The van der Waals surface area contributed by atoms with Crippen LogP contribution >= 0.6 is 15.9 Å². The van der Waals surface area contributed by atoms with Crippen LogP contribution in [0, 0.1) is 0 Å². The topological polar surface area (TPSA) is 25.2 Å². The fraction of sp³-hybridized carbons (Fsp3) is 0.200. The summed E-state index contributed by atoms with van der Waals surface area (Å²) in [5.74, 6) is 0.